The van der Waals surface area contributed by atoms with Gasteiger partial charge in [-0.2, -0.15) is 13.8 Å². The van der Waals surface area contributed by atoms with Crippen molar-refractivity contribution in [3.8, 4) is 11.8 Å². The van der Waals surface area contributed by atoms with E-state index in [1.807, 2.05) is 44.2 Å². The van der Waals surface area contributed by atoms with E-state index < -0.39 is 6.61 Å². The lowest BCUT2D eigenvalue weighted by Crippen LogP contribution is -2.08. The van der Waals surface area contributed by atoms with Crippen LogP contribution in [0.25, 0.3) is 0 Å². The smallest absolute Gasteiger partial charge is 0.388 e. The van der Waals surface area contributed by atoms with Crippen molar-refractivity contribution in [2.24, 2.45) is 0 Å². The quantitative estimate of drug-likeness (QED) is 0.791. The molecule has 0 fully saturated rings. The summed E-state index contributed by atoms with van der Waals surface area (Å²) in [5.74, 6) is 0.221. The Labute approximate surface area is 122 Å². The maximum atomic E-state index is 12.4. The summed E-state index contributed by atoms with van der Waals surface area (Å²) in [7, 11) is 0. The van der Waals surface area contributed by atoms with Gasteiger partial charge in [-0.25, -0.2) is 0 Å². The Balaban J connectivity index is 2.13. The van der Waals surface area contributed by atoms with Gasteiger partial charge in [0, 0.05) is 11.6 Å². The standard InChI is InChI=1S/C16H17F2NO2/c1-11(2)13-8-9-14(19-15(13)21-16(17)18)20-10-12-6-4-3-5-7-12/h3-9,11,16H,10H2,1-2H3. The van der Waals surface area contributed by atoms with Crippen LogP contribution in [0.15, 0.2) is 42.5 Å². The fourth-order valence-electron chi connectivity index (χ4n) is 1.86. The van der Waals surface area contributed by atoms with Crippen LogP contribution in [0, 0.1) is 0 Å². The largest absolute Gasteiger partial charge is 0.473 e. The number of nitrogens with zero attached hydrogens (tertiary/aromatic N) is 1. The Hall–Kier alpha value is -2.17. The molecule has 2 aromatic rings. The molecule has 0 radical (unpaired) electrons. The van der Waals surface area contributed by atoms with Gasteiger partial charge >= 0.3 is 6.61 Å². The molecule has 0 amide bonds. The third-order valence-electron chi connectivity index (χ3n) is 2.92. The zero-order chi connectivity index (χ0) is 15.2. The molecule has 0 aliphatic heterocycles. The second-order valence-electron chi connectivity index (χ2n) is 4.85. The number of ether oxygens (including phenoxy) is 2. The summed E-state index contributed by atoms with van der Waals surface area (Å²) in [5, 5.41) is 0. The van der Waals surface area contributed by atoms with E-state index in [0.717, 1.165) is 5.56 Å². The van der Waals surface area contributed by atoms with Gasteiger partial charge < -0.3 is 9.47 Å². The lowest BCUT2D eigenvalue weighted by molar-refractivity contribution is -0.0539. The predicted octanol–water partition coefficient (Wildman–Crippen LogP) is 4.39. The Kier molecular flexibility index (Phi) is 5.09. The number of alkyl halides is 2. The second kappa shape index (κ2) is 7.02. The van der Waals surface area contributed by atoms with Gasteiger partial charge in [0.25, 0.3) is 0 Å². The molecule has 0 saturated heterocycles. The molecular weight excluding hydrogens is 276 g/mol. The molecule has 0 unspecified atom stereocenters. The Morgan fingerprint density at radius 2 is 1.76 bits per heavy atom. The zero-order valence-electron chi connectivity index (χ0n) is 11.9. The van der Waals surface area contributed by atoms with Crippen LogP contribution in [0.3, 0.4) is 0 Å². The number of pyridine rings is 1. The van der Waals surface area contributed by atoms with Crippen LogP contribution in [0.2, 0.25) is 0 Å². The van der Waals surface area contributed by atoms with Gasteiger partial charge in [0.1, 0.15) is 6.61 Å². The van der Waals surface area contributed by atoms with E-state index in [1.54, 1.807) is 12.1 Å². The molecule has 1 aromatic heterocycles. The average Bonchev–Trinajstić information content (AvgIpc) is 2.45. The molecule has 5 heteroatoms. The summed E-state index contributed by atoms with van der Waals surface area (Å²) in [5.41, 5.74) is 1.60. The van der Waals surface area contributed by atoms with E-state index in [2.05, 4.69) is 9.72 Å². The SMILES string of the molecule is CC(C)c1ccc(OCc2ccccc2)nc1OC(F)F. The van der Waals surface area contributed by atoms with Crippen LogP contribution in [0.4, 0.5) is 8.78 Å². The van der Waals surface area contributed by atoms with Crippen LogP contribution < -0.4 is 9.47 Å². The van der Waals surface area contributed by atoms with Gasteiger partial charge in [0.05, 0.1) is 0 Å². The van der Waals surface area contributed by atoms with Gasteiger partial charge in [-0.3, -0.25) is 0 Å². The third-order valence-corrected chi connectivity index (χ3v) is 2.92. The molecule has 3 nitrogen and oxygen atoms in total. The molecule has 21 heavy (non-hydrogen) atoms. The molecule has 0 aliphatic carbocycles. The first-order valence-corrected chi connectivity index (χ1v) is 6.68. The fourth-order valence-corrected chi connectivity index (χ4v) is 1.86. The minimum absolute atomic E-state index is 0.0365. The van der Waals surface area contributed by atoms with E-state index in [0.29, 0.717) is 12.2 Å². The van der Waals surface area contributed by atoms with Crippen LogP contribution in [-0.2, 0) is 6.61 Å². The minimum Gasteiger partial charge on any atom is -0.473 e. The van der Waals surface area contributed by atoms with Gasteiger partial charge in [0.15, 0.2) is 0 Å². The summed E-state index contributed by atoms with van der Waals surface area (Å²) < 4.78 is 34.9. The van der Waals surface area contributed by atoms with Crippen molar-refractivity contribution in [2.45, 2.75) is 33.0 Å². The fraction of sp³-hybridized carbons (Fsp3) is 0.312. The molecule has 0 spiro atoms. The van der Waals surface area contributed by atoms with Gasteiger partial charge in [-0.15, -0.1) is 0 Å². The molecule has 1 aromatic carbocycles. The average molecular weight is 293 g/mol. The Morgan fingerprint density at radius 1 is 1.05 bits per heavy atom. The minimum atomic E-state index is -2.90. The van der Waals surface area contributed by atoms with Crippen molar-refractivity contribution >= 4 is 0 Å². The molecular formula is C16H17F2NO2. The summed E-state index contributed by atoms with van der Waals surface area (Å²) in [6, 6.07) is 12.9. The van der Waals surface area contributed by atoms with E-state index in [1.165, 1.54) is 0 Å². The first kappa shape index (κ1) is 15.2. The van der Waals surface area contributed by atoms with Crippen molar-refractivity contribution < 1.29 is 18.3 Å². The highest BCUT2D eigenvalue weighted by Crippen LogP contribution is 2.28. The number of hydrogen-bond donors (Lipinski definition) is 0. The number of hydrogen-bond acceptors (Lipinski definition) is 3. The number of benzene rings is 1. The van der Waals surface area contributed by atoms with Crippen LogP contribution in [-0.4, -0.2) is 11.6 Å². The van der Waals surface area contributed by atoms with Gasteiger partial charge in [-0.1, -0.05) is 44.2 Å². The monoisotopic (exact) mass is 293 g/mol. The second-order valence-corrected chi connectivity index (χ2v) is 4.85. The first-order valence-electron chi connectivity index (χ1n) is 6.68. The highest BCUT2D eigenvalue weighted by Gasteiger charge is 2.15. The van der Waals surface area contributed by atoms with Crippen LogP contribution >= 0.6 is 0 Å². The van der Waals surface area contributed by atoms with Crippen molar-refractivity contribution in [3.63, 3.8) is 0 Å². The van der Waals surface area contributed by atoms with E-state index in [4.69, 9.17) is 4.74 Å². The zero-order valence-corrected chi connectivity index (χ0v) is 11.9. The van der Waals surface area contributed by atoms with Crippen molar-refractivity contribution in [1.29, 1.82) is 0 Å². The Morgan fingerprint density at radius 3 is 2.38 bits per heavy atom. The molecule has 2 rings (SSSR count). The molecule has 112 valence electrons. The van der Waals surface area contributed by atoms with Crippen LogP contribution in [0.1, 0.15) is 30.9 Å². The number of rotatable bonds is 6. The summed E-state index contributed by atoms with van der Waals surface area (Å²) >= 11 is 0. The predicted molar refractivity (Wildman–Crippen MR) is 75.7 cm³/mol. The highest BCUT2D eigenvalue weighted by molar-refractivity contribution is 5.33. The van der Waals surface area contributed by atoms with E-state index in [9.17, 15) is 8.78 Å². The van der Waals surface area contributed by atoms with Crippen molar-refractivity contribution in [2.75, 3.05) is 0 Å². The molecule has 0 atom stereocenters. The van der Waals surface area contributed by atoms with Crippen molar-refractivity contribution in [3.05, 3.63) is 53.6 Å². The first-order chi connectivity index (χ1) is 10.1. The topological polar surface area (TPSA) is 31.4 Å². The molecule has 0 aliphatic rings. The summed E-state index contributed by atoms with van der Waals surface area (Å²) in [6.07, 6.45) is 0. The van der Waals surface area contributed by atoms with E-state index >= 15 is 0 Å². The lowest BCUT2D eigenvalue weighted by atomic mass is 10.1. The molecule has 0 saturated carbocycles. The third kappa shape index (κ3) is 4.41. The molecule has 0 N–H and O–H groups in total. The number of halogens is 2. The maximum Gasteiger partial charge on any atom is 0.388 e. The molecule has 0 bridgehead atoms. The van der Waals surface area contributed by atoms with Crippen LogP contribution in [0.5, 0.6) is 11.8 Å². The van der Waals surface area contributed by atoms with E-state index in [-0.39, 0.29) is 17.7 Å². The molecule has 1 heterocycles. The number of aromatic nitrogens is 1. The summed E-state index contributed by atoms with van der Waals surface area (Å²) in [6.45, 7) is 1.20. The Bertz CT molecular complexity index is 574. The summed E-state index contributed by atoms with van der Waals surface area (Å²) in [4.78, 5) is 4.02. The lowest BCUT2D eigenvalue weighted by Gasteiger charge is -2.14. The normalized spacial score (nSPS) is 11.0. The van der Waals surface area contributed by atoms with Crippen molar-refractivity contribution in [1.82, 2.24) is 4.98 Å². The van der Waals surface area contributed by atoms with Gasteiger partial charge in [0.2, 0.25) is 11.8 Å². The maximum absolute atomic E-state index is 12.4. The highest BCUT2D eigenvalue weighted by atomic mass is 19.3. The van der Waals surface area contributed by atoms with Gasteiger partial charge in [-0.05, 0) is 17.5 Å².